The first-order chi connectivity index (χ1) is 11.0. The van der Waals surface area contributed by atoms with Gasteiger partial charge in [0.15, 0.2) is 0 Å². The fourth-order valence-corrected chi connectivity index (χ4v) is 4.50. The van der Waals surface area contributed by atoms with Gasteiger partial charge in [-0.1, -0.05) is 11.6 Å². The van der Waals surface area contributed by atoms with E-state index in [1.165, 1.54) is 6.07 Å². The summed E-state index contributed by atoms with van der Waals surface area (Å²) in [7, 11) is -3.56. The second kappa shape index (κ2) is 6.76. The van der Waals surface area contributed by atoms with Gasteiger partial charge < -0.3 is 0 Å². The molecule has 118 valence electrons. The van der Waals surface area contributed by atoms with Crippen LogP contribution in [-0.4, -0.2) is 18.4 Å². The molecule has 3 rings (SSSR count). The highest BCUT2D eigenvalue weighted by atomic mass is 35.5. The molecule has 0 unspecified atom stereocenters. The Morgan fingerprint density at radius 3 is 2.57 bits per heavy atom. The molecule has 0 amide bonds. The van der Waals surface area contributed by atoms with Gasteiger partial charge in [-0.25, -0.2) is 13.1 Å². The molecule has 0 fully saturated rings. The van der Waals surface area contributed by atoms with Gasteiger partial charge in [-0.05, 0) is 42.0 Å². The summed E-state index contributed by atoms with van der Waals surface area (Å²) in [6, 6.07) is 10.4. The fraction of sp³-hybridized carbons (Fsp3) is 0.0667. The topological polar surface area (TPSA) is 72.0 Å². The Morgan fingerprint density at radius 2 is 1.87 bits per heavy atom. The standard InChI is InChI=1S/C15H12ClN3O2S2/c16-14-1-2-15(22-14)23(20,21)19-10-11-3-8-18-13(9-11)12-4-6-17-7-5-12/h1-9,19H,10H2. The molecule has 0 aliphatic carbocycles. The Morgan fingerprint density at radius 1 is 1.09 bits per heavy atom. The van der Waals surface area contributed by atoms with Crippen molar-refractivity contribution in [1.82, 2.24) is 14.7 Å². The monoisotopic (exact) mass is 365 g/mol. The molecule has 0 saturated carbocycles. The summed E-state index contributed by atoms with van der Waals surface area (Å²) in [5.74, 6) is 0. The Balaban J connectivity index is 1.76. The zero-order valence-electron chi connectivity index (χ0n) is 11.8. The molecule has 3 heterocycles. The zero-order valence-corrected chi connectivity index (χ0v) is 14.2. The van der Waals surface area contributed by atoms with Gasteiger partial charge in [-0.3, -0.25) is 9.97 Å². The van der Waals surface area contributed by atoms with E-state index in [4.69, 9.17) is 11.6 Å². The minimum atomic E-state index is -3.56. The Bertz CT molecular complexity index is 911. The number of halogens is 1. The summed E-state index contributed by atoms with van der Waals surface area (Å²) in [4.78, 5) is 8.26. The van der Waals surface area contributed by atoms with Gasteiger partial charge in [0.25, 0.3) is 0 Å². The van der Waals surface area contributed by atoms with Gasteiger partial charge in [0.05, 0.1) is 10.0 Å². The highest BCUT2D eigenvalue weighted by Crippen LogP contribution is 2.25. The van der Waals surface area contributed by atoms with E-state index in [0.717, 1.165) is 28.2 Å². The van der Waals surface area contributed by atoms with E-state index >= 15 is 0 Å². The van der Waals surface area contributed by atoms with Crippen molar-refractivity contribution in [2.45, 2.75) is 10.8 Å². The molecule has 0 aromatic carbocycles. The van der Waals surface area contributed by atoms with Crippen LogP contribution in [-0.2, 0) is 16.6 Å². The number of hydrogen-bond donors (Lipinski definition) is 1. The Kier molecular flexibility index (Phi) is 4.72. The quantitative estimate of drug-likeness (QED) is 0.752. The van der Waals surface area contributed by atoms with Crippen LogP contribution in [0.1, 0.15) is 5.56 Å². The molecule has 0 bridgehead atoms. The predicted octanol–water partition coefficient (Wildman–Crippen LogP) is 3.34. The average molecular weight is 366 g/mol. The molecule has 0 aliphatic rings. The third kappa shape index (κ3) is 3.94. The lowest BCUT2D eigenvalue weighted by Crippen LogP contribution is -2.22. The molecule has 3 aromatic rings. The summed E-state index contributed by atoms with van der Waals surface area (Å²) in [6.07, 6.45) is 5.03. The van der Waals surface area contributed by atoms with Gasteiger partial charge in [0.1, 0.15) is 4.21 Å². The van der Waals surface area contributed by atoms with Crippen molar-refractivity contribution in [2.75, 3.05) is 0 Å². The SMILES string of the molecule is O=S(=O)(NCc1ccnc(-c2ccncc2)c1)c1ccc(Cl)s1. The number of pyridine rings is 2. The van der Waals surface area contributed by atoms with Gasteiger partial charge in [-0.2, -0.15) is 0 Å². The first-order valence-electron chi connectivity index (χ1n) is 6.65. The summed E-state index contributed by atoms with van der Waals surface area (Å²) >= 11 is 6.81. The lowest BCUT2D eigenvalue weighted by atomic mass is 10.1. The summed E-state index contributed by atoms with van der Waals surface area (Å²) in [5, 5.41) is 0. The van der Waals surface area contributed by atoms with Crippen LogP contribution in [0.4, 0.5) is 0 Å². The summed E-state index contributed by atoms with van der Waals surface area (Å²) in [5.41, 5.74) is 2.51. The average Bonchev–Trinajstić information content (AvgIpc) is 3.02. The predicted molar refractivity (Wildman–Crippen MR) is 90.8 cm³/mol. The first kappa shape index (κ1) is 16.1. The molecule has 3 aromatic heterocycles. The second-order valence-corrected chi connectivity index (χ2v) is 8.38. The maximum atomic E-state index is 12.2. The van der Waals surface area contributed by atoms with Crippen LogP contribution in [0.5, 0.6) is 0 Å². The molecular weight excluding hydrogens is 354 g/mol. The lowest BCUT2D eigenvalue weighted by Gasteiger charge is -2.06. The van der Waals surface area contributed by atoms with Gasteiger partial charge in [0, 0.05) is 30.7 Å². The van der Waals surface area contributed by atoms with E-state index < -0.39 is 10.0 Å². The van der Waals surface area contributed by atoms with Crippen LogP contribution in [0.15, 0.2) is 59.2 Å². The highest BCUT2D eigenvalue weighted by molar-refractivity contribution is 7.91. The minimum Gasteiger partial charge on any atom is -0.265 e. The second-order valence-electron chi connectivity index (χ2n) is 4.67. The molecule has 5 nitrogen and oxygen atoms in total. The van der Waals surface area contributed by atoms with Crippen molar-refractivity contribution in [3.8, 4) is 11.3 Å². The number of rotatable bonds is 5. The number of hydrogen-bond acceptors (Lipinski definition) is 5. The van der Waals surface area contributed by atoms with Gasteiger partial charge in [-0.15, -0.1) is 11.3 Å². The molecule has 0 aliphatic heterocycles. The van der Waals surface area contributed by atoms with E-state index in [2.05, 4.69) is 14.7 Å². The van der Waals surface area contributed by atoms with Crippen LogP contribution >= 0.6 is 22.9 Å². The fourth-order valence-electron chi connectivity index (χ4n) is 1.96. The van der Waals surface area contributed by atoms with Crippen LogP contribution in [0.2, 0.25) is 4.34 Å². The van der Waals surface area contributed by atoms with Gasteiger partial charge in [0.2, 0.25) is 10.0 Å². The Hall–Kier alpha value is -1.80. The van der Waals surface area contributed by atoms with Crippen molar-refractivity contribution in [2.24, 2.45) is 0 Å². The highest BCUT2D eigenvalue weighted by Gasteiger charge is 2.16. The Labute approximate surface area is 143 Å². The van der Waals surface area contributed by atoms with Crippen molar-refractivity contribution >= 4 is 33.0 Å². The molecule has 0 saturated heterocycles. The zero-order chi connectivity index (χ0) is 16.3. The van der Waals surface area contributed by atoms with Crippen molar-refractivity contribution in [3.63, 3.8) is 0 Å². The summed E-state index contributed by atoms with van der Waals surface area (Å²) in [6.45, 7) is 0.179. The molecule has 8 heteroatoms. The van der Waals surface area contributed by atoms with Crippen LogP contribution in [0, 0.1) is 0 Å². The molecule has 23 heavy (non-hydrogen) atoms. The van der Waals surface area contributed by atoms with Gasteiger partial charge >= 0.3 is 0 Å². The number of aromatic nitrogens is 2. The van der Waals surface area contributed by atoms with Crippen LogP contribution in [0.25, 0.3) is 11.3 Å². The number of sulfonamides is 1. The van der Waals surface area contributed by atoms with Crippen molar-refractivity contribution in [1.29, 1.82) is 0 Å². The number of thiophene rings is 1. The number of nitrogens with one attached hydrogen (secondary N) is 1. The first-order valence-corrected chi connectivity index (χ1v) is 9.33. The van der Waals surface area contributed by atoms with Crippen molar-refractivity contribution < 1.29 is 8.42 Å². The van der Waals surface area contributed by atoms with E-state index in [1.54, 1.807) is 30.7 Å². The minimum absolute atomic E-state index is 0.179. The molecule has 0 radical (unpaired) electrons. The van der Waals surface area contributed by atoms with E-state index in [9.17, 15) is 8.42 Å². The van der Waals surface area contributed by atoms with E-state index in [1.807, 2.05) is 18.2 Å². The van der Waals surface area contributed by atoms with E-state index in [0.29, 0.717) is 4.34 Å². The molecule has 0 atom stereocenters. The number of nitrogens with zero attached hydrogens (tertiary/aromatic N) is 2. The third-order valence-electron chi connectivity index (χ3n) is 3.08. The van der Waals surface area contributed by atoms with E-state index in [-0.39, 0.29) is 10.8 Å². The van der Waals surface area contributed by atoms with Crippen LogP contribution in [0.3, 0.4) is 0 Å². The molecule has 0 spiro atoms. The lowest BCUT2D eigenvalue weighted by molar-refractivity contribution is 0.583. The molecule has 1 N–H and O–H groups in total. The van der Waals surface area contributed by atoms with Crippen LogP contribution < -0.4 is 4.72 Å². The third-order valence-corrected chi connectivity index (χ3v) is 6.20. The molecular formula is C15H12ClN3O2S2. The maximum absolute atomic E-state index is 12.2. The largest absolute Gasteiger partial charge is 0.265 e. The maximum Gasteiger partial charge on any atom is 0.250 e. The normalized spacial score (nSPS) is 11.5. The van der Waals surface area contributed by atoms with Crippen molar-refractivity contribution in [3.05, 3.63) is 64.9 Å². The summed E-state index contributed by atoms with van der Waals surface area (Å²) < 4.78 is 27.6. The smallest absolute Gasteiger partial charge is 0.250 e.